The van der Waals surface area contributed by atoms with E-state index in [-0.39, 0.29) is 5.54 Å². The average molecular weight is 266 g/mol. The molecular weight excluding hydrogens is 246 g/mol. The molecule has 0 atom stereocenters. The second kappa shape index (κ2) is 5.17. The molecule has 0 aromatic heterocycles. The van der Waals surface area contributed by atoms with E-state index in [1.807, 2.05) is 0 Å². The SMILES string of the molecule is Fc1ccc(C2(N3CCCC3)CCNCC2)cc1F. The Balaban J connectivity index is 1.99. The lowest BCUT2D eigenvalue weighted by atomic mass is 9.80. The van der Waals surface area contributed by atoms with Gasteiger partial charge in [0.2, 0.25) is 0 Å². The van der Waals surface area contributed by atoms with Crippen LogP contribution in [-0.2, 0) is 5.54 Å². The second-order valence-corrected chi connectivity index (χ2v) is 5.60. The minimum Gasteiger partial charge on any atom is -0.317 e. The third-order valence-electron chi connectivity index (χ3n) is 4.60. The summed E-state index contributed by atoms with van der Waals surface area (Å²) in [5, 5.41) is 3.36. The summed E-state index contributed by atoms with van der Waals surface area (Å²) in [5.74, 6) is -1.48. The van der Waals surface area contributed by atoms with E-state index in [2.05, 4.69) is 10.2 Å². The molecule has 2 fully saturated rings. The Bertz CT molecular complexity index is 449. The van der Waals surface area contributed by atoms with Crippen molar-refractivity contribution in [3.05, 3.63) is 35.4 Å². The second-order valence-electron chi connectivity index (χ2n) is 5.60. The number of hydrogen-bond donors (Lipinski definition) is 1. The Morgan fingerprint density at radius 3 is 2.32 bits per heavy atom. The third-order valence-corrected chi connectivity index (χ3v) is 4.60. The summed E-state index contributed by atoms with van der Waals surface area (Å²) in [4.78, 5) is 2.47. The van der Waals surface area contributed by atoms with Crippen molar-refractivity contribution in [1.82, 2.24) is 10.2 Å². The zero-order valence-electron chi connectivity index (χ0n) is 11.1. The first-order chi connectivity index (χ1) is 9.22. The first-order valence-electron chi connectivity index (χ1n) is 7.14. The summed E-state index contributed by atoms with van der Waals surface area (Å²) >= 11 is 0. The smallest absolute Gasteiger partial charge is 0.159 e. The van der Waals surface area contributed by atoms with Crippen molar-refractivity contribution in [2.75, 3.05) is 26.2 Å². The van der Waals surface area contributed by atoms with E-state index in [1.54, 1.807) is 6.07 Å². The molecule has 19 heavy (non-hydrogen) atoms. The standard InChI is InChI=1S/C15H20F2N2/c16-13-4-3-12(11-14(13)17)15(5-7-18-8-6-15)19-9-1-2-10-19/h3-4,11,18H,1-2,5-10H2. The highest BCUT2D eigenvalue weighted by Gasteiger charge is 2.40. The third kappa shape index (κ3) is 2.28. The van der Waals surface area contributed by atoms with Gasteiger partial charge in [0.25, 0.3) is 0 Å². The molecule has 2 nitrogen and oxygen atoms in total. The molecule has 4 heteroatoms. The molecule has 0 spiro atoms. The molecule has 0 radical (unpaired) electrons. The van der Waals surface area contributed by atoms with Crippen LogP contribution in [0.25, 0.3) is 0 Å². The fraction of sp³-hybridized carbons (Fsp3) is 0.600. The topological polar surface area (TPSA) is 15.3 Å². The van der Waals surface area contributed by atoms with Gasteiger partial charge in [-0.15, -0.1) is 0 Å². The Labute approximate surface area is 112 Å². The van der Waals surface area contributed by atoms with Crippen LogP contribution in [0, 0.1) is 11.6 Å². The van der Waals surface area contributed by atoms with Gasteiger partial charge in [0.05, 0.1) is 0 Å². The normalized spacial score (nSPS) is 23.7. The molecule has 2 aliphatic heterocycles. The van der Waals surface area contributed by atoms with E-state index in [0.29, 0.717) is 0 Å². The van der Waals surface area contributed by atoms with Gasteiger partial charge in [-0.25, -0.2) is 8.78 Å². The molecule has 3 rings (SSSR count). The summed E-state index contributed by atoms with van der Waals surface area (Å²) in [5.41, 5.74) is 0.839. The Morgan fingerprint density at radius 1 is 1.00 bits per heavy atom. The number of nitrogens with zero attached hydrogens (tertiary/aromatic N) is 1. The van der Waals surface area contributed by atoms with E-state index in [9.17, 15) is 8.78 Å². The lowest BCUT2D eigenvalue weighted by Gasteiger charge is -2.45. The molecule has 1 N–H and O–H groups in total. The fourth-order valence-electron chi connectivity index (χ4n) is 3.56. The van der Waals surface area contributed by atoms with Gasteiger partial charge in [0.1, 0.15) is 0 Å². The molecule has 2 aliphatic rings. The predicted octanol–water partition coefficient (Wildman–Crippen LogP) is 2.64. The Morgan fingerprint density at radius 2 is 1.68 bits per heavy atom. The first kappa shape index (κ1) is 13.0. The van der Waals surface area contributed by atoms with E-state index in [0.717, 1.165) is 44.6 Å². The van der Waals surface area contributed by atoms with Gasteiger partial charge in [-0.05, 0) is 69.6 Å². The van der Waals surface area contributed by atoms with Crippen LogP contribution < -0.4 is 5.32 Å². The van der Waals surface area contributed by atoms with Gasteiger partial charge in [-0.1, -0.05) is 6.07 Å². The van der Waals surface area contributed by atoms with Crippen molar-refractivity contribution in [3.8, 4) is 0 Å². The molecule has 2 saturated heterocycles. The molecule has 0 bridgehead atoms. The molecule has 104 valence electrons. The van der Waals surface area contributed by atoms with Crippen molar-refractivity contribution in [2.45, 2.75) is 31.2 Å². The van der Waals surface area contributed by atoms with Crippen molar-refractivity contribution < 1.29 is 8.78 Å². The van der Waals surface area contributed by atoms with Gasteiger partial charge >= 0.3 is 0 Å². The van der Waals surface area contributed by atoms with Crippen LogP contribution in [0.1, 0.15) is 31.2 Å². The summed E-state index contributed by atoms with van der Waals surface area (Å²) in [6.07, 6.45) is 4.36. The van der Waals surface area contributed by atoms with Crippen molar-refractivity contribution in [2.24, 2.45) is 0 Å². The highest BCUT2D eigenvalue weighted by atomic mass is 19.2. The number of halogens is 2. The van der Waals surface area contributed by atoms with Crippen molar-refractivity contribution >= 4 is 0 Å². The summed E-state index contributed by atoms with van der Waals surface area (Å²) in [6.45, 7) is 4.02. The van der Waals surface area contributed by atoms with Crippen LogP contribution >= 0.6 is 0 Å². The van der Waals surface area contributed by atoms with Gasteiger partial charge in [0.15, 0.2) is 11.6 Å². The number of benzene rings is 1. The molecule has 0 aliphatic carbocycles. The number of piperidine rings is 1. The largest absolute Gasteiger partial charge is 0.317 e. The van der Waals surface area contributed by atoms with Crippen LogP contribution in [0.2, 0.25) is 0 Å². The van der Waals surface area contributed by atoms with E-state index in [4.69, 9.17) is 0 Å². The van der Waals surface area contributed by atoms with Crippen LogP contribution in [0.4, 0.5) is 8.78 Å². The van der Waals surface area contributed by atoms with Crippen LogP contribution in [-0.4, -0.2) is 31.1 Å². The molecule has 0 unspecified atom stereocenters. The van der Waals surface area contributed by atoms with Crippen LogP contribution in [0.5, 0.6) is 0 Å². The monoisotopic (exact) mass is 266 g/mol. The summed E-state index contributed by atoms with van der Waals surface area (Å²) in [6, 6.07) is 4.44. The predicted molar refractivity (Wildman–Crippen MR) is 70.9 cm³/mol. The van der Waals surface area contributed by atoms with Crippen molar-refractivity contribution in [3.63, 3.8) is 0 Å². The molecule has 0 amide bonds. The summed E-state index contributed by atoms with van der Waals surface area (Å²) in [7, 11) is 0. The minimum atomic E-state index is -0.755. The molecule has 1 aromatic rings. The molecule has 2 heterocycles. The summed E-state index contributed by atoms with van der Waals surface area (Å²) < 4.78 is 26.7. The van der Waals surface area contributed by atoms with Gasteiger partial charge in [0, 0.05) is 5.54 Å². The minimum absolute atomic E-state index is 0.101. The quantitative estimate of drug-likeness (QED) is 0.885. The maximum Gasteiger partial charge on any atom is 0.159 e. The molecule has 0 saturated carbocycles. The number of rotatable bonds is 2. The zero-order chi connectivity index (χ0) is 13.3. The Hall–Kier alpha value is -1.00. The number of likely N-dealkylation sites (tertiary alicyclic amines) is 1. The fourth-order valence-corrected chi connectivity index (χ4v) is 3.56. The molecule has 1 aromatic carbocycles. The maximum atomic E-state index is 13.6. The van der Waals surface area contributed by atoms with Gasteiger partial charge in [-0.3, -0.25) is 4.90 Å². The lowest BCUT2D eigenvalue weighted by molar-refractivity contribution is 0.0773. The van der Waals surface area contributed by atoms with Crippen molar-refractivity contribution in [1.29, 1.82) is 0 Å². The number of hydrogen-bond acceptors (Lipinski definition) is 2. The molecular formula is C15H20F2N2. The first-order valence-corrected chi connectivity index (χ1v) is 7.14. The van der Waals surface area contributed by atoms with E-state index >= 15 is 0 Å². The highest BCUT2D eigenvalue weighted by molar-refractivity contribution is 5.27. The average Bonchev–Trinajstić information content (AvgIpc) is 2.97. The van der Waals surface area contributed by atoms with Crippen LogP contribution in [0.15, 0.2) is 18.2 Å². The van der Waals surface area contributed by atoms with Gasteiger partial charge in [-0.2, -0.15) is 0 Å². The maximum absolute atomic E-state index is 13.6. The van der Waals surface area contributed by atoms with Gasteiger partial charge < -0.3 is 5.32 Å². The number of nitrogens with one attached hydrogen (secondary N) is 1. The zero-order valence-corrected chi connectivity index (χ0v) is 11.1. The Kier molecular flexibility index (Phi) is 3.54. The van der Waals surface area contributed by atoms with E-state index in [1.165, 1.54) is 25.0 Å². The highest BCUT2D eigenvalue weighted by Crippen LogP contribution is 2.39. The van der Waals surface area contributed by atoms with Crippen LogP contribution in [0.3, 0.4) is 0 Å². The van der Waals surface area contributed by atoms with E-state index < -0.39 is 11.6 Å². The lowest BCUT2D eigenvalue weighted by Crippen LogP contribution is -2.51.